The highest BCUT2D eigenvalue weighted by atomic mass is 32.1. The lowest BCUT2D eigenvalue weighted by atomic mass is 10.1. The molecule has 18 heavy (non-hydrogen) atoms. The van der Waals surface area contributed by atoms with Gasteiger partial charge in [0.25, 0.3) is 11.8 Å². The summed E-state index contributed by atoms with van der Waals surface area (Å²) in [5, 5.41) is 0. The molecular formula is C12H13N3O2S. The third kappa shape index (κ3) is 1.99. The smallest absolute Gasteiger partial charge is 0.280 e. The molecule has 0 aromatic carbocycles. The van der Waals surface area contributed by atoms with Crippen molar-refractivity contribution in [1.29, 1.82) is 0 Å². The van der Waals surface area contributed by atoms with Gasteiger partial charge in [-0.2, -0.15) is 0 Å². The van der Waals surface area contributed by atoms with E-state index in [0.29, 0.717) is 23.4 Å². The number of fused-ring (bicyclic) bond motifs is 1. The van der Waals surface area contributed by atoms with E-state index in [1.54, 1.807) is 12.1 Å². The summed E-state index contributed by atoms with van der Waals surface area (Å²) in [6.07, 6.45) is 2.46. The first-order valence-corrected chi connectivity index (χ1v) is 6.08. The number of carbonyl (C=O) groups is 2. The minimum atomic E-state index is -0.362. The summed E-state index contributed by atoms with van der Waals surface area (Å²) in [5.74, 6) is -0.676. The van der Waals surface area contributed by atoms with E-state index in [1.165, 1.54) is 11.1 Å². The van der Waals surface area contributed by atoms with Crippen LogP contribution in [-0.4, -0.2) is 32.7 Å². The van der Waals surface area contributed by atoms with Gasteiger partial charge < -0.3 is 5.73 Å². The van der Waals surface area contributed by atoms with Gasteiger partial charge in [-0.15, -0.1) is 0 Å². The van der Waals surface area contributed by atoms with E-state index in [2.05, 4.69) is 4.98 Å². The molecule has 1 unspecified atom stereocenters. The van der Waals surface area contributed by atoms with Crippen molar-refractivity contribution < 1.29 is 9.59 Å². The van der Waals surface area contributed by atoms with Crippen molar-refractivity contribution in [3.05, 3.63) is 29.6 Å². The molecule has 1 aromatic heterocycles. The summed E-state index contributed by atoms with van der Waals surface area (Å²) in [7, 11) is 0. The van der Waals surface area contributed by atoms with Crippen LogP contribution in [0.2, 0.25) is 0 Å². The fraction of sp³-hybridized carbons (Fsp3) is 0.333. The predicted octanol–water partition coefficient (Wildman–Crippen LogP) is 1.13. The third-order valence-electron chi connectivity index (χ3n) is 2.95. The molecule has 0 saturated heterocycles. The molecular weight excluding hydrogens is 250 g/mol. The first-order valence-electron chi connectivity index (χ1n) is 5.67. The molecule has 0 bridgehead atoms. The molecule has 1 atom stereocenters. The van der Waals surface area contributed by atoms with Gasteiger partial charge in [0.05, 0.1) is 10.6 Å². The van der Waals surface area contributed by atoms with Gasteiger partial charge >= 0.3 is 0 Å². The van der Waals surface area contributed by atoms with E-state index in [0.717, 1.165) is 0 Å². The average molecular weight is 263 g/mol. The first kappa shape index (κ1) is 12.6. The van der Waals surface area contributed by atoms with E-state index < -0.39 is 0 Å². The van der Waals surface area contributed by atoms with Crippen molar-refractivity contribution in [2.75, 3.05) is 0 Å². The molecule has 0 saturated carbocycles. The molecule has 2 amide bonds. The van der Waals surface area contributed by atoms with Gasteiger partial charge in [-0.1, -0.05) is 19.1 Å². The van der Waals surface area contributed by atoms with Crippen LogP contribution in [0, 0.1) is 0 Å². The summed E-state index contributed by atoms with van der Waals surface area (Å²) >= 11 is 4.85. The van der Waals surface area contributed by atoms with Crippen LogP contribution in [0.3, 0.4) is 0 Å². The Kier molecular flexibility index (Phi) is 3.38. The van der Waals surface area contributed by atoms with Crippen molar-refractivity contribution >= 4 is 29.0 Å². The summed E-state index contributed by atoms with van der Waals surface area (Å²) in [4.78, 5) is 29.8. The van der Waals surface area contributed by atoms with Crippen molar-refractivity contribution in [3.63, 3.8) is 0 Å². The second-order valence-electron chi connectivity index (χ2n) is 4.11. The van der Waals surface area contributed by atoms with E-state index in [4.69, 9.17) is 18.0 Å². The zero-order valence-corrected chi connectivity index (χ0v) is 10.7. The van der Waals surface area contributed by atoms with Crippen LogP contribution in [-0.2, 0) is 0 Å². The third-order valence-corrected chi connectivity index (χ3v) is 3.12. The number of thiocarbonyl (C=S) groups is 1. The number of imide groups is 1. The molecule has 5 nitrogen and oxygen atoms in total. The monoisotopic (exact) mass is 263 g/mol. The average Bonchev–Trinajstić information content (AvgIpc) is 2.60. The Morgan fingerprint density at radius 3 is 2.78 bits per heavy atom. The minimum absolute atomic E-state index is 0.212. The lowest BCUT2D eigenvalue weighted by molar-refractivity contribution is 0.0583. The number of pyridine rings is 1. The number of aromatic nitrogens is 1. The molecule has 2 rings (SSSR count). The maximum atomic E-state index is 12.2. The summed E-state index contributed by atoms with van der Waals surface area (Å²) in [5.41, 5.74) is 6.06. The Labute approximate surface area is 110 Å². The van der Waals surface area contributed by atoms with Crippen LogP contribution in [0.25, 0.3) is 0 Å². The molecule has 94 valence electrons. The second-order valence-corrected chi connectivity index (χ2v) is 4.64. The zero-order chi connectivity index (χ0) is 13.3. The first-order chi connectivity index (χ1) is 8.56. The highest BCUT2D eigenvalue weighted by Gasteiger charge is 2.40. The molecule has 1 aromatic rings. The Morgan fingerprint density at radius 2 is 2.22 bits per heavy atom. The molecule has 2 heterocycles. The van der Waals surface area contributed by atoms with Crippen LogP contribution in [0.1, 0.15) is 40.6 Å². The van der Waals surface area contributed by atoms with Crippen molar-refractivity contribution in [2.24, 2.45) is 5.73 Å². The molecule has 0 spiro atoms. The Balaban J connectivity index is 2.35. The number of hydrogen-bond donors (Lipinski definition) is 1. The number of nitrogens with zero attached hydrogens (tertiary/aromatic N) is 2. The maximum Gasteiger partial charge on any atom is 0.280 e. The normalized spacial score (nSPS) is 15.7. The number of rotatable bonds is 4. The highest BCUT2D eigenvalue weighted by Crippen LogP contribution is 2.25. The number of carbonyl (C=O) groups excluding carboxylic acids is 2. The van der Waals surface area contributed by atoms with Crippen molar-refractivity contribution in [1.82, 2.24) is 9.88 Å². The highest BCUT2D eigenvalue weighted by molar-refractivity contribution is 7.80. The molecule has 0 aliphatic carbocycles. The van der Waals surface area contributed by atoms with E-state index in [-0.39, 0.29) is 23.6 Å². The molecule has 0 fully saturated rings. The quantitative estimate of drug-likeness (QED) is 0.651. The van der Waals surface area contributed by atoms with Crippen molar-refractivity contribution in [2.45, 2.75) is 25.8 Å². The molecule has 1 aliphatic heterocycles. The largest absolute Gasteiger partial charge is 0.393 e. The predicted molar refractivity (Wildman–Crippen MR) is 70.2 cm³/mol. The fourth-order valence-electron chi connectivity index (χ4n) is 2.07. The van der Waals surface area contributed by atoms with E-state index in [9.17, 15) is 9.59 Å². The topological polar surface area (TPSA) is 76.3 Å². The standard InChI is InChI=1S/C12H13N3O2S/c1-2-7(6-9(13)18)15-11(16)8-4-3-5-14-10(8)12(15)17/h3-5,7H,2,6H2,1H3,(H2,13,18). The Hall–Kier alpha value is -1.82. The van der Waals surface area contributed by atoms with Gasteiger partial charge in [0.1, 0.15) is 5.69 Å². The molecule has 2 N–H and O–H groups in total. The number of hydrogen-bond acceptors (Lipinski definition) is 4. The van der Waals surface area contributed by atoms with Crippen molar-refractivity contribution in [3.8, 4) is 0 Å². The van der Waals surface area contributed by atoms with Crippen LogP contribution in [0.15, 0.2) is 18.3 Å². The summed E-state index contributed by atoms with van der Waals surface area (Å²) < 4.78 is 0. The lowest BCUT2D eigenvalue weighted by Crippen LogP contribution is -2.41. The van der Waals surface area contributed by atoms with Crippen LogP contribution >= 0.6 is 12.2 Å². The lowest BCUT2D eigenvalue weighted by Gasteiger charge is -2.24. The van der Waals surface area contributed by atoms with Crippen LogP contribution in [0.4, 0.5) is 0 Å². The van der Waals surface area contributed by atoms with Gasteiger partial charge in [-0.3, -0.25) is 19.5 Å². The van der Waals surface area contributed by atoms with Gasteiger partial charge in [0.15, 0.2) is 0 Å². The fourth-order valence-corrected chi connectivity index (χ4v) is 2.26. The maximum absolute atomic E-state index is 12.2. The summed E-state index contributed by atoms with van der Waals surface area (Å²) in [6.45, 7) is 1.89. The van der Waals surface area contributed by atoms with Gasteiger partial charge in [0.2, 0.25) is 0 Å². The van der Waals surface area contributed by atoms with E-state index >= 15 is 0 Å². The number of nitrogens with two attached hydrogens (primary N) is 1. The second kappa shape index (κ2) is 4.81. The Bertz CT molecular complexity index is 495. The van der Waals surface area contributed by atoms with Gasteiger partial charge in [-0.05, 0) is 18.6 Å². The van der Waals surface area contributed by atoms with Crippen LogP contribution < -0.4 is 5.73 Å². The van der Waals surface area contributed by atoms with E-state index in [1.807, 2.05) is 6.92 Å². The van der Waals surface area contributed by atoms with Crippen LogP contribution in [0.5, 0.6) is 0 Å². The zero-order valence-electron chi connectivity index (χ0n) is 9.92. The Morgan fingerprint density at radius 1 is 1.50 bits per heavy atom. The molecule has 0 radical (unpaired) electrons. The summed E-state index contributed by atoms with van der Waals surface area (Å²) in [6, 6.07) is 2.95. The molecule has 6 heteroatoms. The molecule has 1 aliphatic rings. The number of amides is 2. The van der Waals surface area contributed by atoms with Gasteiger partial charge in [0, 0.05) is 18.7 Å². The SMILES string of the molecule is CCC(CC(N)=S)N1C(=O)c2cccnc2C1=O. The van der Waals surface area contributed by atoms with Gasteiger partial charge in [-0.25, -0.2) is 0 Å². The minimum Gasteiger partial charge on any atom is -0.393 e.